The van der Waals surface area contributed by atoms with Crippen LogP contribution in [0, 0.1) is 5.92 Å². The van der Waals surface area contributed by atoms with Gasteiger partial charge in [0.25, 0.3) is 0 Å². The van der Waals surface area contributed by atoms with E-state index >= 15 is 0 Å². The standard InChI is InChI=1S/C10H23NO2/c1-5-9(6-12)11-10(7-13-4)8(2)3/h8-12H,5-7H2,1-4H3. The molecule has 0 aromatic heterocycles. The lowest BCUT2D eigenvalue weighted by Gasteiger charge is -2.26. The Balaban J connectivity index is 3.91. The molecule has 0 aliphatic rings. The summed E-state index contributed by atoms with van der Waals surface area (Å²) in [5, 5.41) is 12.4. The Kier molecular flexibility index (Phi) is 7.23. The van der Waals surface area contributed by atoms with E-state index < -0.39 is 0 Å². The Bertz CT molecular complexity index is 113. The molecule has 0 aliphatic heterocycles. The third-order valence-electron chi connectivity index (χ3n) is 2.31. The van der Waals surface area contributed by atoms with Crippen molar-refractivity contribution in [1.29, 1.82) is 0 Å². The number of hydrogen-bond acceptors (Lipinski definition) is 3. The van der Waals surface area contributed by atoms with E-state index in [4.69, 9.17) is 9.84 Å². The van der Waals surface area contributed by atoms with Crippen molar-refractivity contribution in [3.63, 3.8) is 0 Å². The minimum atomic E-state index is 0.197. The molecular formula is C10H23NO2. The summed E-state index contributed by atoms with van der Waals surface area (Å²) < 4.78 is 5.11. The maximum absolute atomic E-state index is 9.02. The van der Waals surface area contributed by atoms with E-state index in [1.54, 1.807) is 7.11 Å². The van der Waals surface area contributed by atoms with E-state index in [1.807, 2.05) is 0 Å². The van der Waals surface area contributed by atoms with Gasteiger partial charge in [-0.1, -0.05) is 20.8 Å². The zero-order valence-electron chi connectivity index (χ0n) is 9.21. The van der Waals surface area contributed by atoms with Crippen molar-refractivity contribution in [3.8, 4) is 0 Å². The summed E-state index contributed by atoms with van der Waals surface area (Å²) in [4.78, 5) is 0. The van der Waals surface area contributed by atoms with E-state index in [0.717, 1.165) is 6.42 Å². The molecule has 2 atom stereocenters. The Morgan fingerprint density at radius 2 is 2.00 bits per heavy atom. The molecule has 2 unspecified atom stereocenters. The van der Waals surface area contributed by atoms with Crippen LogP contribution in [0.25, 0.3) is 0 Å². The van der Waals surface area contributed by atoms with Crippen LogP contribution in [0.1, 0.15) is 27.2 Å². The van der Waals surface area contributed by atoms with Crippen molar-refractivity contribution in [2.24, 2.45) is 5.92 Å². The fourth-order valence-electron chi connectivity index (χ4n) is 1.21. The van der Waals surface area contributed by atoms with E-state index in [0.29, 0.717) is 18.6 Å². The minimum absolute atomic E-state index is 0.197. The van der Waals surface area contributed by atoms with E-state index in [-0.39, 0.29) is 12.6 Å². The number of nitrogens with one attached hydrogen (secondary N) is 1. The van der Waals surface area contributed by atoms with Gasteiger partial charge >= 0.3 is 0 Å². The van der Waals surface area contributed by atoms with Crippen LogP contribution >= 0.6 is 0 Å². The van der Waals surface area contributed by atoms with Gasteiger partial charge < -0.3 is 15.2 Å². The number of aliphatic hydroxyl groups is 1. The lowest BCUT2D eigenvalue weighted by Crippen LogP contribution is -2.45. The molecule has 0 saturated heterocycles. The molecular weight excluding hydrogens is 166 g/mol. The maximum Gasteiger partial charge on any atom is 0.0618 e. The predicted molar refractivity (Wildman–Crippen MR) is 54.8 cm³/mol. The molecule has 0 amide bonds. The average molecular weight is 189 g/mol. The Labute approximate surface area is 81.5 Å². The van der Waals surface area contributed by atoms with Gasteiger partial charge in [0, 0.05) is 19.2 Å². The van der Waals surface area contributed by atoms with Crippen molar-refractivity contribution in [3.05, 3.63) is 0 Å². The molecule has 0 rings (SSSR count). The van der Waals surface area contributed by atoms with Crippen LogP contribution in [0.5, 0.6) is 0 Å². The van der Waals surface area contributed by atoms with Crippen molar-refractivity contribution in [2.45, 2.75) is 39.3 Å². The maximum atomic E-state index is 9.02. The van der Waals surface area contributed by atoms with Crippen LogP contribution < -0.4 is 5.32 Å². The fraction of sp³-hybridized carbons (Fsp3) is 1.00. The van der Waals surface area contributed by atoms with Crippen LogP contribution in [0.2, 0.25) is 0 Å². The Hall–Kier alpha value is -0.120. The first-order valence-corrected chi connectivity index (χ1v) is 5.01. The molecule has 0 spiro atoms. The first-order valence-electron chi connectivity index (χ1n) is 5.01. The molecule has 0 aromatic rings. The summed E-state index contributed by atoms with van der Waals surface area (Å²) in [6.07, 6.45) is 0.948. The fourth-order valence-corrected chi connectivity index (χ4v) is 1.21. The third-order valence-corrected chi connectivity index (χ3v) is 2.31. The van der Waals surface area contributed by atoms with Crippen molar-refractivity contribution >= 4 is 0 Å². The molecule has 0 heterocycles. The molecule has 13 heavy (non-hydrogen) atoms. The number of ether oxygens (including phenoxy) is 1. The first-order chi connectivity index (χ1) is 6.15. The lowest BCUT2D eigenvalue weighted by molar-refractivity contribution is 0.128. The number of hydrogen-bond donors (Lipinski definition) is 2. The molecule has 3 heteroatoms. The molecule has 0 aliphatic carbocycles. The second kappa shape index (κ2) is 7.30. The van der Waals surface area contributed by atoms with E-state index in [9.17, 15) is 0 Å². The molecule has 0 fully saturated rings. The highest BCUT2D eigenvalue weighted by molar-refractivity contribution is 4.75. The zero-order valence-corrected chi connectivity index (χ0v) is 9.21. The van der Waals surface area contributed by atoms with Gasteiger partial charge in [0.15, 0.2) is 0 Å². The van der Waals surface area contributed by atoms with Crippen LogP contribution in [0.15, 0.2) is 0 Å². The van der Waals surface area contributed by atoms with Gasteiger partial charge in [0.1, 0.15) is 0 Å². The molecule has 3 nitrogen and oxygen atoms in total. The van der Waals surface area contributed by atoms with Crippen molar-refractivity contribution in [2.75, 3.05) is 20.3 Å². The van der Waals surface area contributed by atoms with Gasteiger partial charge in [-0.2, -0.15) is 0 Å². The highest BCUT2D eigenvalue weighted by Gasteiger charge is 2.16. The topological polar surface area (TPSA) is 41.5 Å². The summed E-state index contributed by atoms with van der Waals surface area (Å²) in [6.45, 7) is 7.28. The van der Waals surface area contributed by atoms with Gasteiger partial charge in [-0.15, -0.1) is 0 Å². The molecule has 80 valence electrons. The van der Waals surface area contributed by atoms with Gasteiger partial charge in [0.05, 0.1) is 13.2 Å². The lowest BCUT2D eigenvalue weighted by atomic mass is 10.0. The summed E-state index contributed by atoms with van der Waals surface area (Å²) in [5.74, 6) is 0.528. The SMILES string of the molecule is CCC(CO)NC(COC)C(C)C. The quantitative estimate of drug-likeness (QED) is 0.628. The Morgan fingerprint density at radius 1 is 1.38 bits per heavy atom. The van der Waals surface area contributed by atoms with Crippen LogP contribution in [0.3, 0.4) is 0 Å². The first kappa shape index (κ1) is 12.9. The second-order valence-electron chi connectivity index (χ2n) is 3.76. The number of aliphatic hydroxyl groups excluding tert-OH is 1. The molecule has 0 aromatic carbocycles. The zero-order chi connectivity index (χ0) is 10.3. The van der Waals surface area contributed by atoms with Gasteiger partial charge in [-0.25, -0.2) is 0 Å². The monoisotopic (exact) mass is 189 g/mol. The van der Waals surface area contributed by atoms with Gasteiger partial charge in [-0.05, 0) is 12.3 Å². The summed E-state index contributed by atoms with van der Waals surface area (Å²) >= 11 is 0. The molecule has 0 radical (unpaired) electrons. The smallest absolute Gasteiger partial charge is 0.0618 e. The summed E-state index contributed by atoms with van der Waals surface area (Å²) in [6, 6.07) is 0.532. The number of methoxy groups -OCH3 is 1. The summed E-state index contributed by atoms with van der Waals surface area (Å²) in [7, 11) is 1.71. The molecule has 0 saturated carbocycles. The molecule has 2 N–H and O–H groups in total. The van der Waals surface area contributed by atoms with E-state index in [2.05, 4.69) is 26.1 Å². The van der Waals surface area contributed by atoms with Crippen molar-refractivity contribution in [1.82, 2.24) is 5.32 Å². The van der Waals surface area contributed by atoms with Crippen LogP contribution in [0.4, 0.5) is 0 Å². The van der Waals surface area contributed by atoms with Crippen molar-refractivity contribution < 1.29 is 9.84 Å². The average Bonchev–Trinajstić information content (AvgIpc) is 2.11. The normalized spacial score (nSPS) is 16.2. The predicted octanol–water partition coefficient (Wildman–Crippen LogP) is 1.02. The third kappa shape index (κ3) is 5.24. The second-order valence-corrected chi connectivity index (χ2v) is 3.76. The number of rotatable bonds is 7. The van der Waals surface area contributed by atoms with Gasteiger partial charge in [0.2, 0.25) is 0 Å². The largest absolute Gasteiger partial charge is 0.395 e. The van der Waals surface area contributed by atoms with Crippen LogP contribution in [-0.4, -0.2) is 37.5 Å². The Morgan fingerprint density at radius 3 is 2.31 bits per heavy atom. The minimum Gasteiger partial charge on any atom is -0.395 e. The van der Waals surface area contributed by atoms with Crippen LogP contribution in [-0.2, 0) is 4.74 Å². The summed E-state index contributed by atoms with van der Waals surface area (Å²) in [5.41, 5.74) is 0. The van der Waals surface area contributed by atoms with E-state index in [1.165, 1.54) is 0 Å². The molecule has 0 bridgehead atoms. The van der Waals surface area contributed by atoms with Gasteiger partial charge in [-0.3, -0.25) is 0 Å². The highest BCUT2D eigenvalue weighted by Crippen LogP contribution is 2.04. The highest BCUT2D eigenvalue weighted by atomic mass is 16.5.